The zero-order valence-corrected chi connectivity index (χ0v) is 7.97. The summed E-state index contributed by atoms with van der Waals surface area (Å²) in [5.74, 6) is 0.403. The number of hydrogen-bond donors (Lipinski definition) is 1. The Hall–Kier alpha value is -0.280. The van der Waals surface area contributed by atoms with Gasteiger partial charge in [0.15, 0.2) is 0 Å². The van der Waals surface area contributed by atoms with Crippen molar-refractivity contribution in [3.05, 3.63) is 0 Å². The van der Waals surface area contributed by atoms with Crippen molar-refractivity contribution in [3.63, 3.8) is 0 Å². The highest BCUT2D eigenvalue weighted by molar-refractivity contribution is 6.18. The molecule has 1 unspecified atom stereocenters. The molecule has 0 bridgehead atoms. The second-order valence-corrected chi connectivity index (χ2v) is 3.88. The van der Waals surface area contributed by atoms with Crippen LogP contribution in [0.4, 0.5) is 0 Å². The van der Waals surface area contributed by atoms with Crippen molar-refractivity contribution in [2.45, 2.75) is 25.4 Å². The number of aliphatic hydroxyl groups is 1. The van der Waals surface area contributed by atoms with E-state index >= 15 is 0 Å². The molecule has 1 aliphatic rings. The van der Waals surface area contributed by atoms with Crippen molar-refractivity contribution < 1.29 is 9.90 Å². The quantitative estimate of drug-likeness (QED) is 0.650. The van der Waals surface area contributed by atoms with Crippen LogP contribution in [0.1, 0.15) is 19.8 Å². The molecule has 0 aliphatic carbocycles. The molecule has 1 atom stereocenters. The lowest BCUT2D eigenvalue weighted by molar-refractivity contribution is -0.130. The predicted octanol–water partition coefficient (Wildman–Crippen LogP) is 0.599. The zero-order chi connectivity index (χ0) is 9.19. The third kappa shape index (κ3) is 2.35. The smallest absolute Gasteiger partial charge is 0.223 e. The van der Waals surface area contributed by atoms with Gasteiger partial charge in [0.25, 0.3) is 0 Å². The molecule has 1 amide bonds. The molecule has 70 valence electrons. The van der Waals surface area contributed by atoms with Gasteiger partial charge in [0.1, 0.15) is 0 Å². The van der Waals surface area contributed by atoms with Crippen LogP contribution >= 0.6 is 11.6 Å². The highest BCUT2D eigenvalue weighted by Crippen LogP contribution is 2.20. The molecular weight excluding hydrogens is 178 g/mol. The van der Waals surface area contributed by atoms with Crippen LogP contribution in [0, 0.1) is 0 Å². The van der Waals surface area contributed by atoms with E-state index in [1.54, 1.807) is 11.8 Å². The minimum Gasteiger partial charge on any atom is -0.388 e. The zero-order valence-electron chi connectivity index (χ0n) is 7.22. The van der Waals surface area contributed by atoms with E-state index in [2.05, 4.69) is 0 Å². The van der Waals surface area contributed by atoms with E-state index in [0.717, 1.165) is 0 Å². The number of nitrogens with zero attached hydrogens (tertiary/aromatic N) is 1. The van der Waals surface area contributed by atoms with Crippen molar-refractivity contribution >= 4 is 17.5 Å². The lowest BCUT2D eigenvalue weighted by Gasteiger charge is -2.18. The first kappa shape index (κ1) is 9.81. The molecule has 1 N–H and O–H groups in total. The van der Waals surface area contributed by atoms with Crippen LogP contribution in [0.15, 0.2) is 0 Å². The molecular formula is C8H14ClNO2. The Kier molecular flexibility index (Phi) is 2.96. The molecule has 1 aliphatic heterocycles. The highest BCUT2D eigenvalue weighted by atomic mass is 35.5. The average Bonchev–Trinajstić information content (AvgIpc) is 2.31. The molecule has 0 aromatic heterocycles. The van der Waals surface area contributed by atoms with Crippen molar-refractivity contribution in [2.24, 2.45) is 0 Å². The summed E-state index contributed by atoms with van der Waals surface area (Å²) in [6, 6.07) is 0. The van der Waals surface area contributed by atoms with Gasteiger partial charge >= 0.3 is 0 Å². The van der Waals surface area contributed by atoms with E-state index in [9.17, 15) is 9.90 Å². The number of halogens is 1. The van der Waals surface area contributed by atoms with Gasteiger partial charge in [-0.05, 0) is 13.3 Å². The van der Waals surface area contributed by atoms with Gasteiger partial charge in [-0.15, -0.1) is 11.6 Å². The van der Waals surface area contributed by atoms with E-state index in [1.807, 2.05) is 0 Å². The fraction of sp³-hybridized carbons (Fsp3) is 0.875. The van der Waals surface area contributed by atoms with Crippen molar-refractivity contribution in [1.29, 1.82) is 0 Å². The minimum atomic E-state index is -0.692. The average molecular weight is 192 g/mol. The summed E-state index contributed by atoms with van der Waals surface area (Å²) in [7, 11) is 0. The molecule has 1 heterocycles. The topological polar surface area (TPSA) is 40.5 Å². The third-order valence-electron chi connectivity index (χ3n) is 2.11. The number of β-amino-alcohol motifs (C(OH)–C–C–N with tert-alkyl or cyclic N) is 1. The molecule has 4 heteroatoms. The summed E-state index contributed by atoms with van der Waals surface area (Å²) in [4.78, 5) is 12.9. The number of hydrogen-bond acceptors (Lipinski definition) is 2. The van der Waals surface area contributed by atoms with E-state index < -0.39 is 5.60 Å². The van der Waals surface area contributed by atoms with Crippen molar-refractivity contribution in [2.75, 3.05) is 19.0 Å². The Labute approximate surface area is 77.3 Å². The Balaban J connectivity index is 2.41. The van der Waals surface area contributed by atoms with Gasteiger partial charge in [-0.3, -0.25) is 4.79 Å². The van der Waals surface area contributed by atoms with Gasteiger partial charge in [-0.25, -0.2) is 0 Å². The Morgan fingerprint density at radius 2 is 2.42 bits per heavy atom. The van der Waals surface area contributed by atoms with Crippen molar-refractivity contribution in [1.82, 2.24) is 4.90 Å². The van der Waals surface area contributed by atoms with Gasteiger partial charge in [0, 0.05) is 25.4 Å². The summed E-state index contributed by atoms with van der Waals surface area (Å²) < 4.78 is 0. The van der Waals surface area contributed by atoms with Crippen LogP contribution in [0.2, 0.25) is 0 Å². The number of likely N-dealkylation sites (tertiary alicyclic amines) is 1. The molecule has 0 aromatic carbocycles. The largest absolute Gasteiger partial charge is 0.388 e. The SMILES string of the molecule is CC1(O)CCN(C(=O)CCCl)C1. The number of carbonyl (C=O) groups excluding carboxylic acids is 1. The van der Waals surface area contributed by atoms with Gasteiger partial charge in [0.05, 0.1) is 5.60 Å². The summed E-state index contributed by atoms with van der Waals surface area (Å²) in [6.07, 6.45) is 1.04. The second-order valence-electron chi connectivity index (χ2n) is 3.50. The van der Waals surface area contributed by atoms with Gasteiger partial charge in [-0.1, -0.05) is 0 Å². The highest BCUT2D eigenvalue weighted by Gasteiger charge is 2.33. The Bertz CT molecular complexity index is 182. The van der Waals surface area contributed by atoms with E-state index in [1.165, 1.54) is 0 Å². The first-order valence-corrected chi connectivity index (χ1v) is 4.65. The second kappa shape index (κ2) is 3.62. The maximum atomic E-state index is 11.3. The summed E-state index contributed by atoms with van der Waals surface area (Å²) in [6.45, 7) is 2.85. The lowest BCUT2D eigenvalue weighted by Crippen LogP contribution is -2.33. The predicted molar refractivity (Wildman–Crippen MR) is 47.2 cm³/mol. The van der Waals surface area contributed by atoms with Gasteiger partial charge in [-0.2, -0.15) is 0 Å². The van der Waals surface area contributed by atoms with Gasteiger partial charge in [0.2, 0.25) is 5.91 Å². The molecule has 0 spiro atoms. The summed E-state index contributed by atoms with van der Waals surface area (Å²) in [5.41, 5.74) is -0.692. The normalized spacial score (nSPS) is 29.4. The minimum absolute atomic E-state index is 0.0442. The molecule has 1 saturated heterocycles. The van der Waals surface area contributed by atoms with E-state index in [0.29, 0.717) is 31.8 Å². The molecule has 0 radical (unpaired) electrons. The number of amides is 1. The van der Waals surface area contributed by atoms with Crippen LogP contribution in [0.5, 0.6) is 0 Å². The first-order valence-electron chi connectivity index (χ1n) is 4.11. The molecule has 0 saturated carbocycles. The third-order valence-corrected chi connectivity index (χ3v) is 2.30. The first-order chi connectivity index (χ1) is 5.55. The standard InChI is InChI=1S/C8H14ClNO2/c1-8(12)3-5-10(6-8)7(11)2-4-9/h12H,2-6H2,1H3. The van der Waals surface area contributed by atoms with Crippen LogP contribution in [0.25, 0.3) is 0 Å². The van der Waals surface area contributed by atoms with Crippen LogP contribution in [0.3, 0.4) is 0 Å². The molecule has 3 nitrogen and oxygen atoms in total. The number of carbonyl (C=O) groups is 1. The fourth-order valence-electron chi connectivity index (χ4n) is 1.40. The number of alkyl halides is 1. The monoisotopic (exact) mass is 191 g/mol. The molecule has 1 fully saturated rings. The molecule has 1 rings (SSSR count). The number of rotatable bonds is 2. The fourth-order valence-corrected chi connectivity index (χ4v) is 1.56. The van der Waals surface area contributed by atoms with E-state index in [-0.39, 0.29) is 5.91 Å². The molecule has 0 aromatic rings. The Morgan fingerprint density at radius 1 is 1.75 bits per heavy atom. The van der Waals surface area contributed by atoms with E-state index in [4.69, 9.17) is 11.6 Å². The Morgan fingerprint density at radius 3 is 2.83 bits per heavy atom. The lowest BCUT2D eigenvalue weighted by atomic mass is 10.1. The van der Waals surface area contributed by atoms with Crippen molar-refractivity contribution in [3.8, 4) is 0 Å². The maximum absolute atomic E-state index is 11.3. The summed E-state index contributed by atoms with van der Waals surface area (Å²) in [5, 5.41) is 9.56. The van der Waals surface area contributed by atoms with Crippen LogP contribution < -0.4 is 0 Å². The van der Waals surface area contributed by atoms with Crippen LogP contribution in [-0.4, -0.2) is 40.5 Å². The van der Waals surface area contributed by atoms with Gasteiger partial charge < -0.3 is 10.0 Å². The molecule has 12 heavy (non-hydrogen) atoms. The maximum Gasteiger partial charge on any atom is 0.223 e. The summed E-state index contributed by atoms with van der Waals surface area (Å²) >= 11 is 5.44. The van der Waals surface area contributed by atoms with Crippen LogP contribution in [-0.2, 0) is 4.79 Å².